The van der Waals surface area contributed by atoms with E-state index in [9.17, 15) is 0 Å². The van der Waals surface area contributed by atoms with Crippen LogP contribution < -0.4 is 10.2 Å². The highest BCUT2D eigenvalue weighted by atomic mass is 16.5. The van der Waals surface area contributed by atoms with E-state index in [1.54, 1.807) is 13.3 Å². The summed E-state index contributed by atoms with van der Waals surface area (Å²) in [7, 11) is 1.66. The third-order valence-electron chi connectivity index (χ3n) is 2.71. The van der Waals surface area contributed by atoms with Crippen molar-refractivity contribution in [2.45, 2.75) is 20.3 Å². The second-order valence-corrected chi connectivity index (χ2v) is 4.33. The zero-order valence-electron chi connectivity index (χ0n) is 12.0. The van der Waals surface area contributed by atoms with Crippen LogP contribution in [0, 0.1) is 6.92 Å². The molecule has 0 aromatic carbocycles. The van der Waals surface area contributed by atoms with Gasteiger partial charge < -0.3 is 20.1 Å². The van der Waals surface area contributed by atoms with Crippen molar-refractivity contribution in [3.05, 3.63) is 11.8 Å². The van der Waals surface area contributed by atoms with Crippen LogP contribution in [0.3, 0.4) is 0 Å². The van der Waals surface area contributed by atoms with Gasteiger partial charge in [0.1, 0.15) is 5.82 Å². The van der Waals surface area contributed by atoms with E-state index in [1.165, 1.54) is 0 Å². The van der Waals surface area contributed by atoms with Gasteiger partial charge in [-0.2, -0.15) is 4.98 Å². The van der Waals surface area contributed by atoms with E-state index < -0.39 is 0 Å². The maximum absolute atomic E-state index is 9.16. The van der Waals surface area contributed by atoms with Crippen LogP contribution in [0.4, 0.5) is 11.8 Å². The van der Waals surface area contributed by atoms with Crippen molar-refractivity contribution in [1.29, 1.82) is 0 Å². The molecular weight excluding hydrogens is 244 g/mol. The number of anilines is 2. The molecule has 0 amide bonds. The van der Waals surface area contributed by atoms with Gasteiger partial charge in [0.2, 0.25) is 5.95 Å². The number of hydrogen-bond donors (Lipinski definition) is 2. The zero-order valence-corrected chi connectivity index (χ0v) is 12.0. The monoisotopic (exact) mass is 268 g/mol. The summed E-state index contributed by atoms with van der Waals surface area (Å²) in [5.74, 6) is 1.47. The molecule has 0 fully saturated rings. The molecule has 1 rings (SSSR count). The molecule has 0 bridgehead atoms. The Morgan fingerprint density at radius 2 is 2.21 bits per heavy atom. The Morgan fingerprint density at radius 1 is 1.42 bits per heavy atom. The first-order valence-electron chi connectivity index (χ1n) is 6.65. The molecule has 6 heteroatoms. The van der Waals surface area contributed by atoms with Gasteiger partial charge >= 0.3 is 0 Å². The van der Waals surface area contributed by atoms with Crippen molar-refractivity contribution >= 4 is 11.8 Å². The van der Waals surface area contributed by atoms with Crippen LogP contribution in [0.15, 0.2) is 6.20 Å². The fraction of sp³-hybridized carbons (Fsp3) is 0.692. The van der Waals surface area contributed by atoms with Crippen molar-refractivity contribution in [1.82, 2.24) is 9.97 Å². The van der Waals surface area contributed by atoms with Crippen LogP contribution in [0.25, 0.3) is 0 Å². The second kappa shape index (κ2) is 8.66. The number of nitrogens with zero attached hydrogens (tertiary/aromatic N) is 3. The van der Waals surface area contributed by atoms with Crippen LogP contribution in [-0.4, -0.2) is 55.0 Å². The number of aromatic nitrogens is 2. The number of ether oxygens (including phenoxy) is 1. The Labute approximate surface area is 114 Å². The molecule has 2 N–H and O–H groups in total. The lowest BCUT2D eigenvalue weighted by molar-refractivity contribution is 0.202. The van der Waals surface area contributed by atoms with E-state index in [2.05, 4.69) is 22.2 Å². The van der Waals surface area contributed by atoms with Crippen molar-refractivity contribution in [2.24, 2.45) is 0 Å². The number of methoxy groups -OCH3 is 1. The SMILES string of the molecule is CCCNc1ncc(C)c(N(CCO)CCOC)n1. The van der Waals surface area contributed by atoms with Gasteiger partial charge in [0.05, 0.1) is 13.2 Å². The number of hydrogen-bond acceptors (Lipinski definition) is 6. The van der Waals surface area contributed by atoms with Gasteiger partial charge in [-0.1, -0.05) is 6.92 Å². The van der Waals surface area contributed by atoms with Crippen LogP contribution in [0.2, 0.25) is 0 Å². The van der Waals surface area contributed by atoms with Gasteiger partial charge in [0.15, 0.2) is 0 Å². The maximum atomic E-state index is 9.16. The summed E-state index contributed by atoms with van der Waals surface area (Å²) >= 11 is 0. The number of aryl methyl sites for hydroxylation is 1. The van der Waals surface area contributed by atoms with Crippen molar-refractivity contribution in [2.75, 3.05) is 50.2 Å². The summed E-state index contributed by atoms with van der Waals surface area (Å²) in [5.41, 5.74) is 0.992. The minimum atomic E-state index is 0.0882. The molecule has 1 aromatic heterocycles. The number of aliphatic hydroxyl groups excluding tert-OH is 1. The molecule has 0 saturated carbocycles. The quantitative estimate of drug-likeness (QED) is 0.697. The Kier molecular flexibility index (Phi) is 7.14. The summed E-state index contributed by atoms with van der Waals surface area (Å²) in [5, 5.41) is 12.3. The summed E-state index contributed by atoms with van der Waals surface area (Å²) in [6, 6.07) is 0. The lowest BCUT2D eigenvalue weighted by Crippen LogP contribution is -2.31. The van der Waals surface area contributed by atoms with Gasteiger partial charge in [-0.15, -0.1) is 0 Å². The van der Waals surface area contributed by atoms with Crippen molar-refractivity contribution < 1.29 is 9.84 Å². The molecule has 108 valence electrons. The van der Waals surface area contributed by atoms with E-state index >= 15 is 0 Å². The first-order chi connectivity index (χ1) is 9.22. The Balaban J connectivity index is 2.86. The first kappa shape index (κ1) is 15.7. The Bertz CT molecular complexity index is 374. The highest BCUT2D eigenvalue weighted by Gasteiger charge is 2.12. The number of nitrogens with one attached hydrogen (secondary N) is 1. The van der Waals surface area contributed by atoms with E-state index in [1.807, 2.05) is 11.8 Å². The normalized spacial score (nSPS) is 10.5. The average molecular weight is 268 g/mol. The summed E-state index contributed by atoms with van der Waals surface area (Å²) in [4.78, 5) is 10.8. The topological polar surface area (TPSA) is 70.5 Å². The predicted octanol–water partition coefficient (Wildman–Crippen LogP) is 1.05. The minimum absolute atomic E-state index is 0.0882. The number of aliphatic hydroxyl groups is 1. The molecule has 0 aliphatic rings. The Morgan fingerprint density at radius 3 is 2.84 bits per heavy atom. The van der Waals surface area contributed by atoms with Gasteiger partial charge in [-0.3, -0.25) is 0 Å². The second-order valence-electron chi connectivity index (χ2n) is 4.33. The van der Waals surface area contributed by atoms with Crippen LogP contribution in [0.5, 0.6) is 0 Å². The van der Waals surface area contributed by atoms with Crippen LogP contribution >= 0.6 is 0 Å². The fourth-order valence-electron chi connectivity index (χ4n) is 1.72. The largest absolute Gasteiger partial charge is 0.395 e. The first-order valence-corrected chi connectivity index (χ1v) is 6.65. The van der Waals surface area contributed by atoms with Gasteiger partial charge in [-0.25, -0.2) is 4.98 Å². The third-order valence-corrected chi connectivity index (χ3v) is 2.71. The lowest BCUT2D eigenvalue weighted by atomic mass is 10.3. The smallest absolute Gasteiger partial charge is 0.224 e. The molecule has 0 unspecified atom stereocenters. The molecular formula is C13H24N4O2. The van der Waals surface area contributed by atoms with Gasteiger partial charge in [-0.05, 0) is 13.3 Å². The molecule has 0 radical (unpaired) electrons. The Hall–Kier alpha value is -1.40. The molecule has 1 aromatic rings. The molecule has 0 aliphatic heterocycles. The molecule has 0 saturated heterocycles. The molecule has 1 heterocycles. The van der Waals surface area contributed by atoms with E-state index in [4.69, 9.17) is 9.84 Å². The summed E-state index contributed by atoms with van der Waals surface area (Å²) in [6.07, 6.45) is 2.83. The van der Waals surface area contributed by atoms with Crippen LogP contribution in [0.1, 0.15) is 18.9 Å². The zero-order chi connectivity index (χ0) is 14.1. The highest BCUT2D eigenvalue weighted by Crippen LogP contribution is 2.17. The van der Waals surface area contributed by atoms with E-state index in [0.29, 0.717) is 25.6 Å². The highest BCUT2D eigenvalue weighted by molar-refractivity contribution is 5.49. The summed E-state index contributed by atoms with van der Waals surface area (Å²) < 4.78 is 5.09. The van der Waals surface area contributed by atoms with Gasteiger partial charge in [0.25, 0.3) is 0 Å². The molecule has 0 aliphatic carbocycles. The van der Waals surface area contributed by atoms with Crippen molar-refractivity contribution in [3.63, 3.8) is 0 Å². The minimum Gasteiger partial charge on any atom is -0.395 e. The van der Waals surface area contributed by atoms with Gasteiger partial charge in [0, 0.05) is 38.5 Å². The fourth-order valence-corrected chi connectivity index (χ4v) is 1.72. The maximum Gasteiger partial charge on any atom is 0.224 e. The molecule has 0 atom stereocenters. The van der Waals surface area contributed by atoms with E-state index in [0.717, 1.165) is 24.3 Å². The van der Waals surface area contributed by atoms with E-state index in [-0.39, 0.29) is 6.61 Å². The average Bonchev–Trinajstić information content (AvgIpc) is 2.43. The third kappa shape index (κ3) is 5.00. The predicted molar refractivity (Wildman–Crippen MR) is 76.7 cm³/mol. The number of rotatable bonds is 9. The molecule has 19 heavy (non-hydrogen) atoms. The molecule has 6 nitrogen and oxygen atoms in total. The molecule has 0 spiro atoms. The van der Waals surface area contributed by atoms with Crippen molar-refractivity contribution in [3.8, 4) is 0 Å². The standard InChI is InChI=1S/C13H24N4O2/c1-4-5-14-13-15-10-11(2)12(16-13)17(6-8-18)7-9-19-3/h10,18H,4-9H2,1-3H3,(H,14,15,16). The lowest BCUT2D eigenvalue weighted by Gasteiger charge is -2.24. The summed E-state index contributed by atoms with van der Waals surface area (Å²) in [6.45, 7) is 6.83. The van der Waals surface area contributed by atoms with Crippen LogP contribution in [-0.2, 0) is 4.74 Å².